The molecule has 1 fully saturated rings. The maximum absolute atomic E-state index is 12.8. The first kappa shape index (κ1) is 16.5. The molecular weight excluding hydrogens is 334 g/mol. The lowest BCUT2D eigenvalue weighted by Crippen LogP contribution is -2.50. The minimum Gasteiger partial charge on any atom is -0.486 e. The summed E-state index contributed by atoms with van der Waals surface area (Å²) < 4.78 is 12.9. The van der Waals surface area contributed by atoms with Gasteiger partial charge in [0.25, 0.3) is 11.8 Å². The summed E-state index contributed by atoms with van der Waals surface area (Å²) in [6.45, 7) is 3.12. The van der Waals surface area contributed by atoms with Crippen LogP contribution in [0.15, 0.2) is 36.7 Å². The van der Waals surface area contributed by atoms with Gasteiger partial charge in [-0.2, -0.15) is 0 Å². The molecule has 136 valence electrons. The minimum absolute atomic E-state index is 0.0111. The second-order valence-corrected chi connectivity index (χ2v) is 6.51. The third-order valence-corrected chi connectivity index (χ3v) is 4.72. The second-order valence-electron chi connectivity index (χ2n) is 6.51. The first-order chi connectivity index (χ1) is 12.6. The highest BCUT2D eigenvalue weighted by Crippen LogP contribution is 2.31. The third kappa shape index (κ3) is 3.12. The maximum Gasteiger partial charge on any atom is 0.255 e. The molecule has 0 radical (unpaired) electrons. The zero-order chi connectivity index (χ0) is 18.1. The fraction of sp³-hybridized carbons (Fsp3) is 0.368. The summed E-state index contributed by atoms with van der Waals surface area (Å²) in [5, 5.41) is 0. The van der Waals surface area contributed by atoms with Crippen LogP contribution in [-0.4, -0.2) is 65.6 Å². The number of rotatable bonds is 2. The van der Waals surface area contributed by atoms with E-state index in [-0.39, 0.29) is 11.8 Å². The monoisotopic (exact) mass is 355 g/mol. The van der Waals surface area contributed by atoms with Gasteiger partial charge in [0.05, 0.1) is 5.56 Å². The van der Waals surface area contributed by atoms with Crippen LogP contribution < -0.4 is 9.47 Å². The number of ether oxygens (including phenoxy) is 2. The van der Waals surface area contributed by atoms with Gasteiger partial charge < -0.3 is 23.8 Å². The van der Waals surface area contributed by atoms with Gasteiger partial charge in [0.15, 0.2) is 11.5 Å². The highest BCUT2D eigenvalue weighted by molar-refractivity contribution is 5.96. The SMILES string of the molecule is Cn1ccc(C(=O)N2CCN(C(=O)c3ccc4c(c3)OCCO4)CC2)c1. The predicted octanol–water partition coefficient (Wildman–Crippen LogP) is 1.39. The van der Waals surface area contributed by atoms with Crippen molar-refractivity contribution < 1.29 is 19.1 Å². The van der Waals surface area contributed by atoms with E-state index in [0.29, 0.717) is 62.0 Å². The van der Waals surface area contributed by atoms with E-state index in [9.17, 15) is 9.59 Å². The van der Waals surface area contributed by atoms with Gasteiger partial charge in [0.2, 0.25) is 0 Å². The molecule has 2 aliphatic heterocycles. The molecule has 3 heterocycles. The van der Waals surface area contributed by atoms with Crippen molar-refractivity contribution in [1.82, 2.24) is 14.4 Å². The molecule has 2 aromatic rings. The first-order valence-corrected chi connectivity index (χ1v) is 8.72. The Hall–Kier alpha value is -2.96. The van der Waals surface area contributed by atoms with Gasteiger partial charge in [-0.15, -0.1) is 0 Å². The van der Waals surface area contributed by atoms with Crippen LogP contribution >= 0.6 is 0 Å². The van der Waals surface area contributed by atoms with Gasteiger partial charge in [-0.05, 0) is 24.3 Å². The number of hydrogen-bond donors (Lipinski definition) is 0. The molecule has 0 bridgehead atoms. The molecule has 0 spiro atoms. The van der Waals surface area contributed by atoms with E-state index in [0.717, 1.165) is 0 Å². The van der Waals surface area contributed by atoms with Crippen LogP contribution in [0.1, 0.15) is 20.7 Å². The minimum atomic E-state index is -0.0474. The number of aromatic nitrogens is 1. The van der Waals surface area contributed by atoms with E-state index >= 15 is 0 Å². The average molecular weight is 355 g/mol. The van der Waals surface area contributed by atoms with Crippen LogP contribution in [0, 0.1) is 0 Å². The van der Waals surface area contributed by atoms with Gasteiger partial charge in [-0.1, -0.05) is 0 Å². The van der Waals surface area contributed by atoms with Crippen molar-refractivity contribution in [2.24, 2.45) is 7.05 Å². The number of fused-ring (bicyclic) bond motifs is 1. The number of nitrogens with zero attached hydrogens (tertiary/aromatic N) is 3. The summed E-state index contributed by atoms with van der Waals surface area (Å²) in [5.41, 5.74) is 1.26. The van der Waals surface area contributed by atoms with Gasteiger partial charge in [-0.25, -0.2) is 0 Å². The molecule has 2 amide bonds. The number of hydrogen-bond acceptors (Lipinski definition) is 4. The Morgan fingerprint density at radius 3 is 2.08 bits per heavy atom. The Kier molecular flexibility index (Phi) is 4.28. The third-order valence-electron chi connectivity index (χ3n) is 4.72. The normalized spacial score (nSPS) is 16.5. The van der Waals surface area contributed by atoms with Crippen molar-refractivity contribution in [3.63, 3.8) is 0 Å². The van der Waals surface area contributed by atoms with E-state index in [1.807, 2.05) is 30.1 Å². The Morgan fingerprint density at radius 2 is 1.46 bits per heavy atom. The fourth-order valence-electron chi connectivity index (χ4n) is 3.28. The zero-order valence-electron chi connectivity index (χ0n) is 14.7. The summed E-state index contributed by atoms with van der Waals surface area (Å²) in [6.07, 6.45) is 3.67. The van der Waals surface area contributed by atoms with Gasteiger partial charge in [0, 0.05) is 51.2 Å². The van der Waals surface area contributed by atoms with Crippen molar-refractivity contribution in [2.75, 3.05) is 39.4 Å². The number of piperazine rings is 1. The molecule has 26 heavy (non-hydrogen) atoms. The molecule has 7 heteroatoms. The molecular formula is C19H21N3O4. The molecule has 1 saturated heterocycles. The van der Waals surface area contributed by atoms with Crippen molar-refractivity contribution in [2.45, 2.75) is 0 Å². The van der Waals surface area contributed by atoms with Crippen molar-refractivity contribution in [3.8, 4) is 11.5 Å². The summed E-state index contributed by atoms with van der Waals surface area (Å²) in [5.74, 6) is 1.25. The average Bonchev–Trinajstić information content (AvgIpc) is 3.13. The number of carbonyl (C=O) groups is 2. The molecule has 0 atom stereocenters. The van der Waals surface area contributed by atoms with Crippen molar-refractivity contribution in [1.29, 1.82) is 0 Å². The Morgan fingerprint density at radius 1 is 0.846 bits per heavy atom. The number of amides is 2. The summed E-state index contributed by atoms with van der Waals surface area (Å²) >= 11 is 0. The predicted molar refractivity (Wildman–Crippen MR) is 94.7 cm³/mol. The van der Waals surface area contributed by atoms with Crippen molar-refractivity contribution >= 4 is 11.8 Å². The van der Waals surface area contributed by atoms with Crippen LogP contribution in [0.25, 0.3) is 0 Å². The smallest absolute Gasteiger partial charge is 0.255 e. The van der Waals surface area contributed by atoms with E-state index in [1.165, 1.54) is 0 Å². The fourth-order valence-corrected chi connectivity index (χ4v) is 3.28. The number of benzene rings is 1. The molecule has 0 aliphatic carbocycles. The molecule has 1 aromatic carbocycles. The van der Waals surface area contributed by atoms with Crippen molar-refractivity contribution in [3.05, 3.63) is 47.8 Å². The molecule has 1 aromatic heterocycles. The van der Waals surface area contributed by atoms with Crippen LogP contribution in [-0.2, 0) is 7.05 Å². The second kappa shape index (κ2) is 6.74. The topological polar surface area (TPSA) is 64.0 Å². The van der Waals surface area contributed by atoms with Gasteiger partial charge >= 0.3 is 0 Å². The highest BCUT2D eigenvalue weighted by atomic mass is 16.6. The lowest BCUT2D eigenvalue weighted by atomic mass is 10.1. The standard InChI is InChI=1S/C19H21N3O4/c1-20-5-4-15(13-20)19(24)22-8-6-21(7-9-22)18(23)14-2-3-16-17(12-14)26-11-10-25-16/h2-5,12-13H,6-11H2,1H3. The quantitative estimate of drug-likeness (QED) is 0.817. The highest BCUT2D eigenvalue weighted by Gasteiger charge is 2.26. The lowest BCUT2D eigenvalue weighted by Gasteiger charge is -2.34. The van der Waals surface area contributed by atoms with E-state index in [2.05, 4.69) is 0 Å². The van der Waals surface area contributed by atoms with Gasteiger partial charge in [-0.3, -0.25) is 9.59 Å². The Labute approximate surface area is 151 Å². The molecule has 0 N–H and O–H groups in total. The number of aryl methyl sites for hydroxylation is 1. The van der Waals surface area contributed by atoms with E-state index in [4.69, 9.17) is 9.47 Å². The molecule has 0 saturated carbocycles. The molecule has 4 rings (SSSR count). The Balaban J connectivity index is 1.40. The van der Waals surface area contributed by atoms with E-state index in [1.54, 1.807) is 28.0 Å². The van der Waals surface area contributed by atoms with E-state index < -0.39 is 0 Å². The molecule has 0 unspecified atom stereocenters. The molecule has 2 aliphatic rings. The molecule has 7 nitrogen and oxygen atoms in total. The zero-order valence-corrected chi connectivity index (χ0v) is 14.7. The Bertz CT molecular complexity index is 837. The summed E-state index contributed by atoms with van der Waals surface area (Å²) in [4.78, 5) is 28.8. The number of carbonyl (C=O) groups excluding carboxylic acids is 2. The van der Waals surface area contributed by atoms with Crippen LogP contribution in [0.5, 0.6) is 11.5 Å². The summed E-state index contributed by atoms with van der Waals surface area (Å²) in [7, 11) is 1.89. The van der Waals surface area contributed by atoms with Gasteiger partial charge in [0.1, 0.15) is 13.2 Å². The van der Waals surface area contributed by atoms with Crippen LogP contribution in [0.2, 0.25) is 0 Å². The lowest BCUT2D eigenvalue weighted by molar-refractivity contribution is 0.0535. The first-order valence-electron chi connectivity index (χ1n) is 8.72. The van der Waals surface area contributed by atoms with Crippen LogP contribution in [0.4, 0.5) is 0 Å². The largest absolute Gasteiger partial charge is 0.486 e. The maximum atomic E-state index is 12.8. The van der Waals surface area contributed by atoms with Crippen LogP contribution in [0.3, 0.4) is 0 Å². The summed E-state index contributed by atoms with van der Waals surface area (Å²) in [6, 6.07) is 7.08.